The van der Waals surface area contributed by atoms with Gasteiger partial charge in [0, 0.05) is 44.0 Å². The summed E-state index contributed by atoms with van der Waals surface area (Å²) in [5.41, 5.74) is 2.17. The summed E-state index contributed by atoms with van der Waals surface area (Å²) in [6.07, 6.45) is 5.69. The highest BCUT2D eigenvalue weighted by Crippen LogP contribution is 2.29. The minimum Gasteiger partial charge on any atom is -0.381 e. The summed E-state index contributed by atoms with van der Waals surface area (Å²) in [6.45, 7) is 8.53. The topological polar surface area (TPSA) is 70.6 Å². The predicted molar refractivity (Wildman–Crippen MR) is 108 cm³/mol. The molecule has 2 saturated heterocycles. The Morgan fingerprint density at radius 1 is 1.25 bits per heavy atom. The Bertz CT molecular complexity index is 706. The number of likely N-dealkylation sites (tertiary alicyclic amines) is 1. The first-order valence-corrected chi connectivity index (χ1v) is 10.7. The molecular formula is C21H33N5O2. The van der Waals surface area contributed by atoms with Crippen LogP contribution in [-0.4, -0.2) is 71.1 Å². The predicted octanol–water partition coefficient (Wildman–Crippen LogP) is 1.93. The minimum atomic E-state index is 0.127. The lowest BCUT2D eigenvalue weighted by Gasteiger charge is -2.40. The van der Waals surface area contributed by atoms with Gasteiger partial charge in [0.25, 0.3) is 0 Å². The number of nitrogens with zero attached hydrogens (tertiary/aromatic N) is 4. The number of amides is 1. The van der Waals surface area contributed by atoms with Gasteiger partial charge in [0.1, 0.15) is 0 Å². The SMILES string of the molecule is C[C@@H]1CN(C)CC[C@H]1C(=O)N1Cc2nc(NC3CCOCC3)ncc2C[C@H]1C. The lowest BCUT2D eigenvalue weighted by Crippen LogP contribution is -2.50. The van der Waals surface area contributed by atoms with Crippen molar-refractivity contribution in [2.24, 2.45) is 11.8 Å². The van der Waals surface area contributed by atoms with E-state index in [2.05, 4.69) is 41.0 Å². The Balaban J connectivity index is 1.46. The number of rotatable bonds is 3. The maximum absolute atomic E-state index is 13.3. The normalized spacial score (nSPS) is 29.4. The molecule has 0 aromatic carbocycles. The van der Waals surface area contributed by atoms with E-state index < -0.39 is 0 Å². The number of aromatic nitrogens is 2. The molecule has 3 aliphatic heterocycles. The van der Waals surface area contributed by atoms with Crippen molar-refractivity contribution in [2.75, 3.05) is 38.7 Å². The summed E-state index contributed by atoms with van der Waals surface area (Å²) >= 11 is 0. The molecule has 4 rings (SSSR count). The highest BCUT2D eigenvalue weighted by atomic mass is 16.5. The number of ether oxygens (including phenoxy) is 1. The van der Waals surface area contributed by atoms with Gasteiger partial charge in [-0.3, -0.25) is 4.79 Å². The van der Waals surface area contributed by atoms with Gasteiger partial charge in [0.15, 0.2) is 0 Å². The monoisotopic (exact) mass is 387 g/mol. The fraction of sp³-hybridized carbons (Fsp3) is 0.762. The van der Waals surface area contributed by atoms with E-state index in [1.54, 1.807) is 0 Å². The second-order valence-electron chi connectivity index (χ2n) is 8.85. The van der Waals surface area contributed by atoms with Gasteiger partial charge in [0.2, 0.25) is 11.9 Å². The number of piperidine rings is 1. The van der Waals surface area contributed by atoms with E-state index in [9.17, 15) is 4.79 Å². The highest BCUT2D eigenvalue weighted by Gasteiger charge is 2.36. The number of anilines is 1. The van der Waals surface area contributed by atoms with Crippen LogP contribution in [0.2, 0.25) is 0 Å². The standard InChI is InChI=1S/C21H33N5O2/c1-14-12-25(3)7-4-18(14)20(27)26-13-19-16(10-15(26)2)11-22-21(24-19)23-17-5-8-28-9-6-17/h11,14-15,17-18H,4-10,12-13H2,1-3H3,(H,22,23,24)/t14-,15-,18-/m1/s1. The van der Waals surface area contributed by atoms with Crippen molar-refractivity contribution in [2.45, 2.75) is 58.2 Å². The third-order valence-electron chi connectivity index (χ3n) is 6.58. The molecule has 3 aliphatic rings. The van der Waals surface area contributed by atoms with Crippen molar-refractivity contribution in [3.63, 3.8) is 0 Å². The van der Waals surface area contributed by atoms with Gasteiger partial charge in [-0.05, 0) is 57.7 Å². The molecule has 28 heavy (non-hydrogen) atoms. The molecule has 0 spiro atoms. The molecule has 0 radical (unpaired) electrons. The Kier molecular flexibility index (Phi) is 5.83. The molecular weight excluding hydrogens is 354 g/mol. The van der Waals surface area contributed by atoms with E-state index in [4.69, 9.17) is 9.72 Å². The van der Waals surface area contributed by atoms with Gasteiger partial charge in [-0.15, -0.1) is 0 Å². The number of nitrogens with one attached hydrogen (secondary N) is 1. The van der Waals surface area contributed by atoms with Crippen molar-refractivity contribution in [3.8, 4) is 0 Å². The van der Waals surface area contributed by atoms with Crippen LogP contribution in [0.15, 0.2) is 6.20 Å². The van der Waals surface area contributed by atoms with Crippen molar-refractivity contribution in [1.82, 2.24) is 19.8 Å². The fourth-order valence-corrected chi connectivity index (χ4v) is 4.82. The Morgan fingerprint density at radius 2 is 2.04 bits per heavy atom. The average molecular weight is 388 g/mol. The number of fused-ring (bicyclic) bond motifs is 1. The summed E-state index contributed by atoms with van der Waals surface area (Å²) < 4.78 is 5.43. The van der Waals surface area contributed by atoms with Gasteiger partial charge >= 0.3 is 0 Å². The third kappa shape index (κ3) is 4.15. The van der Waals surface area contributed by atoms with Crippen LogP contribution in [-0.2, 0) is 22.5 Å². The Morgan fingerprint density at radius 3 is 2.79 bits per heavy atom. The molecule has 1 N–H and O–H groups in total. The van der Waals surface area contributed by atoms with Crippen molar-refractivity contribution < 1.29 is 9.53 Å². The van der Waals surface area contributed by atoms with Crippen molar-refractivity contribution in [1.29, 1.82) is 0 Å². The Hall–Kier alpha value is -1.73. The van der Waals surface area contributed by atoms with E-state index >= 15 is 0 Å². The van der Waals surface area contributed by atoms with Crippen molar-refractivity contribution in [3.05, 3.63) is 17.5 Å². The van der Waals surface area contributed by atoms with Gasteiger partial charge in [-0.2, -0.15) is 0 Å². The summed E-state index contributed by atoms with van der Waals surface area (Å²) in [4.78, 5) is 27.0. The quantitative estimate of drug-likeness (QED) is 0.855. The molecule has 7 heteroatoms. The van der Waals surface area contributed by atoms with E-state index in [0.717, 1.165) is 57.7 Å². The van der Waals surface area contributed by atoms with Gasteiger partial charge in [-0.25, -0.2) is 9.97 Å². The zero-order chi connectivity index (χ0) is 19.7. The van der Waals surface area contributed by atoms with Crippen LogP contribution in [0, 0.1) is 11.8 Å². The third-order valence-corrected chi connectivity index (χ3v) is 6.58. The molecule has 0 saturated carbocycles. The second kappa shape index (κ2) is 8.33. The average Bonchev–Trinajstić information content (AvgIpc) is 2.68. The number of carbonyl (C=O) groups excluding carboxylic acids is 1. The van der Waals surface area contributed by atoms with E-state index in [1.165, 1.54) is 5.56 Å². The zero-order valence-corrected chi connectivity index (χ0v) is 17.4. The molecule has 1 amide bonds. The molecule has 7 nitrogen and oxygen atoms in total. The molecule has 1 aromatic rings. The zero-order valence-electron chi connectivity index (χ0n) is 17.4. The van der Waals surface area contributed by atoms with Crippen molar-refractivity contribution >= 4 is 11.9 Å². The summed E-state index contributed by atoms with van der Waals surface area (Å²) in [5, 5.41) is 3.45. The number of hydrogen-bond donors (Lipinski definition) is 1. The van der Waals surface area contributed by atoms with Gasteiger partial charge < -0.3 is 19.9 Å². The first-order chi connectivity index (χ1) is 13.5. The van der Waals surface area contributed by atoms with Crippen LogP contribution in [0.1, 0.15) is 44.4 Å². The van der Waals surface area contributed by atoms with Crippen LogP contribution >= 0.6 is 0 Å². The molecule has 0 aliphatic carbocycles. The van der Waals surface area contributed by atoms with Gasteiger partial charge in [-0.1, -0.05) is 6.92 Å². The van der Waals surface area contributed by atoms with Crippen LogP contribution in [0.4, 0.5) is 5.95 Å². The number of carbonyl (C=O) groups is 1. The summed E-state index contributed by atoms with van der Waals surface area (Å²) in [7, 11) is 2.14. The maximum atomic E-state index is 13.3. The molecule has 1 aromatic heterocycles. The largest absolute Gasteiger partial charge is 0.381 e. The summed E-state index contributed by atoms with van der Waals surface area (Å²) in [5.74, 6) is 1.51. The van der Waals surface area contributed by atoms with Crippen LogP contribution < -0.4 is 5.32 Å². The maximum Gasteiger partial charge on any atom is 0.226 e. The van der Waals surface area contributed by atoms with Crippen LogP contribution in [0.3, 0.4) is 0 Å². The second-order valence-corrected chi connectivity index (χ2v) is 8.85. The molecule has 0 bridgehead atoms. The smallest absolute Gasteiger partial charge is 0.226 e. The molecule has 3 atom stereocenters. The molecule has 2 fully saturated rings. The van der Waals surface area contributed by atoms with E-state index in [0.29, 0.717) is 30.4 Å². The van der Waals surface area contributed by atoms with Crippen LogP contribution in [0.5, 0.6) is 0 Å². The molecule has 4 heterocycles. The molecule has 0 unspecified atom stereocenters. The van der Waals surface area contributed by atoms with Crippen LogP contribution in [0.25, 0.3) is 0 Å². The molecule has 154 valence electrons. The lowest BCUT2D eigenvalue weighted by molar-refractivity contribution is -0.142. The first-order valence-electron chi connectivity index (χ1n) is 10.7. The highest BCUT2D eigenvalue weighted by molar-refractivity contribution is 5.80. The fourth-order valence-electron chi connectivity index (χ4n) is 4.82. The number of hydrogen-bond acceptors (Lipinski definition) is 6. The first kappa shape index (κ1) is 19.6. The Labute approximate surface area is 167 Å². The van der Waals surface area contributed by atoms with E-state index in [1.807, 2.05) is 6.20 Å². The van der Waals surface area contributed by atoms with Gasteiger partial charge in [0.05, 0.1) is 12.2 Å². The van der Waals surface area contributed by atoms with E-state index in [-0.39, 0.29) is 12.0 Å². The lowest BCUT2D eigenvalue weighted by atomic mass is 9.85. The minimum absolute atomic E-state index is 0.127. The summed E-state index contributed by atoms with van der Waals surface area (Å²) in [6, 6.07) is 0.567.